The Bertz CT molecular complexity index is 1390. The lowest BCUT2D eigenvalue weighted by atomic mass is 9.85. The largest absolute Gasteiger partial charge is 0.350 e. The first-order valence-electron chi connectivity index (χ1n) is 14.8. The number of likely N-dealkylation sites (N-methyl/N-ethyl adjacent to an activating group) is 1. The van der Waals surface area contributed by atoms with Crippen LogP contribution in [0.15, 0.2) is 47.0 Å². The Labute approximate surface area is 243 Å². The Balaban J connectivity index is 1.35. The number of aromatic nitrogens is 1. The average Bonchev–Trinajstić information content (AvgIpc) is 3.45. The first kappa shape index (κ1) is 29.0. The third kappa shape index (κ3) is 7.05. The molecule has 2 aromatic carbocycles. The van der Waals surface area contributed by atoms with Gasteiger partial charge in [-0.05, 0) is 79.6 Å². The summed E-state index contributed by atoms with van der Waals surface area (Å²) in [7, 11) is 2.16. The molecule has 1 aromatic heterocycles. The zero-order chi connectivity index (χ0) is 29.1. The highest BCUT2D eigenvalue weighted by Crippen LogP contribution is 2.29. The highest BCUT2D eigenvalue weighted by Gasteiger charge is 2.24. The van der Waals surface area contributed by atoms with Crippen LogP contribution in [0.5, 0.6) is 0 Å². The number of piperidine rings is 1. The summed E-state index contributed by atoms with van der Waals surface area (Å²) in [5, 5.41) is 7.31. The Morgan fingerprint density at radius 2 is 1.66 bits per heavy atom. The standard InChI is InChI=1S/C33H43N5O3/c1-23-9-10-27(20-28(23)29-21-30(41-35-29)32(40)38-11-7-6-8-12-38)34-31(39)25-17-24(18-26(19-25)33(2,3)4)22-37-15-13-36(5)14-16-37/h9-10,17-21H,6-8,11-16,22H2,1-5H3,(H,34,39). The average molecular weight is 558 g/mol. The highest BCUT2D eigenvalue weighted by molar-refractivity contribution is 6.05. The second-order valence-electron chi connectivity index (χ2n) is 12.7. The van der Waals surface area contributed by atoms with Gasteiger partial charge >= 0.3 is 0 Å². The molecule has 0 spiro atoms. The monoisotopic (exact) mass is 557 g/mol. The summed E-state index contributed by atoms with van der Waals surface area (Å²) in [6.45, 7) is 15.0. The lowest BCUT2D eigenvalue weighted by Gasteiger charge is -2.32. The van der Waals surface area contributed by atoms with E-state index in [-0.39, 0.29) is 23.0 Å². The smallest absolute Gasteiger partial charge is 0.292 e. The van der Waals surface area contributed by atoms with E-state index in [2.05, 4.69) is 54.2 Å². The number of nitrogens with one attached hydrogen (secondary N) is 1. The Kier molecular flexibility index (Phi) is 8.61. The van der Waals surface area contributed by atoms with Gasteiger partial charge in [-0.3, -0.25) is 14.5 Å². The maximum absolute atomic E-state index is 13.6. The molecule has 2 aliphatic heterocycles. The molecule has 0 aliphatic carbocycles. The van der Waals surface area contributed by atoms with Gasteiger partial charge in [0.15, 0.2) is 0 Å². The molecular formula is C33H43N5O3. The number of carbonyl (C=O) groups excluding carboxylic acids is 2. The number of aryl methyl sites for hydroxylation is 1. The predicted octanol–water partition coefficient (Wildman–Crippen LogP) is 5.57. The third-order valence-electron chi connectivity index (χ3n) is 8.26. The quantitative estimate of drug-likeness (QED) is 0.427. The topological polar surface area (TPSA) is 81.9 Å². The molecule has 2 amide bonds. The maximum atomic E-state index is 13.6. The lowest BCUT2D eigenvalue weighted by molar-refractivity contribution is 0.0682. The Morgan fingerprint density at radius 3 is 2.37 bits per heavy atom. The first-order valence-corrected chi connectivity index (χ1v) is 14.8. The van der Waals surface area contributed by atoms with Crippen LogP contribution >= 0.6 is 0 Å². The number of hydrogen-bond acceptors (Lipinski definition) is 6. The summed E-state index contributed by atoms with van der Waals surface area (Å²) in [5.74, 6) is -0.00840. The molecule has 0 radical (unpaired) electrons. The van der Waals surface area contributed by atoms with Gasteiger partial charge in [-0.25, -0.2) is 0 Å². The second kappa shape index (κ2) is 12.2. The minimum Gasteiger partial charge on any atom is -0.350 e. The van der Waals surface area contributed by atoms with Crippen LogP contribution in [-0.2, 0) is 12.0 Å². The number of piperazine rings is 1. The lowest BCUT2D eigenvalue weighted by Crippen LogP contribution is -2.43. The van der Waals surface area contributed by atoms with Gasteiger partial charge in [-0.15, -0.1) is 0 Å². The number of benzene rings is 2. The second-order valence-corrected chi connectivity index (χ2v) is 12.7. The van der Waals surface area contributed by atoms with Crippen LogP contribution in [0.2, 0.25) is 0 Å². The fourth-order valence-electron chi connectivity index (χ4n) is 5.55. The Hall–Kier alpha value is -3.49. The molecule has 8 heteroatoms. The normalized spacial score (nSPS) is 17.0. The van der Waals surface area contributed by atoms with E-state index in [1.807, 2.05) is 42.2 Å². The highest BCUT2D eigenvalue weighted by atomic mass is 16.5. The van der Waals surface area contributed by atoms with Crippen molar-refractivity contribution in [1.29, 1.82) is 0 Å². The zero-order valence-corrected chi connectivity index (χ0v) is 25.1. The summed E-state index contributed by atoms with van der Waals surface area (Å²) >= 11 is 0. The number of anilines is 1. The molecule has 2 fully saturated rings. The number of hydrogen-bond donors (Lipinski definition) is 1. The van der Waals surface area contributed by atoms with E-state index in [0.29, 0.717) is 16.9 Å². The molecule has 3 aromatic rings. The number of amides is 2. The Morgan fingerprint density at radius 1 is 0.927 bits per heavy atom. The van der Waals surface area contributed by atoms with Gasteiger partial charge < -0.3 is 19.6 Å². The van der Waals surface area contributed by atoms with Crippen molar-refractivity contribution in [3.8, 4) is 11.3 Å². The summed E-state index contributed by atoms with van der Waals surface area (Å²) in [4.78, 5) is 33.1. The van der Waals surface area contributed by atoms with E-state index in [1.165, 1.54) is 0 Å². The minimum absolute atomic E-state index is 0.0829. The zero-order valence-electron chi connectivity index (χ0n) is 25.1. The molecule has 0 unspecified atom stereocenters. The fraction of sp³-hybridized carbons (Fsp3) is 0.485. The summed E-state index contributed by atoms with van der Waals surface area (Å²) in [5.41, 5.74) is 5.94. The molecular weight excluding hydrogens is 514 g/mol. The van der Waals surface area contributed by atoms with Crippen molar-refractivity contribution in [3.63, 3.8) is 0 Å². The van der Waals surface area contributed by atoms with E-state index in [9.17, 15) is 9.59 Å². The van der Waals surface area contributed by atoms with Crippen LogP contribution in [0.1, 0.15) is 77.6 Å². The molecule has 5 rings (SSSR count). The van der Waals surface area contributed by atoms with Gasteiger partial charge in [0.05, 0.1) is 0 Å². The fourth-order valence-corrected chi connectivity index (χ4v) is 5.55. The molecule has 1 N–H and O–H groups in total. The van der Waals surface area contributed by atoms with Gasteiger partial charge in [0, 0.05) is 68.7 Å². The molecule has 3 heterocycles. The van der Waals surface area contributed by atoms with E-state index in [1.54, 1.807) is 6.07 Å². The number of carbonyl (C=O) groups is 2. The van der Waals surface area contributed by atoms with Crippen LogP contribution in [-0.4, -0.2) is 78.0 Å². The molecule has 0 atom stereocenters. The summed E-state index contributed by atoms with van der Waals surface area (Å²) < 4.78 is 5.47. The van der Waals surface area contributed by atoms with Crippen LogP contribution in [0.4, 0.5) is 5.69 Å². The van der Waals surface area contributed by atoms with Gasteiger partial charge in [0.2, 0.25) is 5.76 Å². The van der Waals surface area contributed by atoms with Crippen LogP contribution in [0.3, 0.4) is 0 Å². The van der Waals surface area contributed by atoms with Crippen molar-refractivity contribution in [2.24, 2.45) is 0 Å². The minimum atomic E-state index is -0.147. The van der Waals surface area contributed by atoms with Gasteiger partial charge in [0.1, 0.15) is 5.69 Å². The maximum Gasteiger partial charge on any atom is 0.292 e. The van der Waals surface area contributed by atoms with E-state index >= 15 is 0 Å². The number of likely N-dealkylation sites (tertiary alicyclic amines) is 1. The van der Waals surface area contributed by atoms with Crippen LogP contribution in [0, 0.1) is 6.92 Å². The van der Waals surface area contributed by atoms with E-state index in [0.717, 1.165) is 87.3 Å². The third-order valence-corrected chi connectivity index (χ3v) is 8.26. The molecule has 218 valence electrons. The van der Waals surface area contributed by atoms with Gasteiger partial charge in [-0.2, -0.15) is 0 Å². The molecule has 2 aliphatic rings. The first-order chi connectivity index (χ1) is 19.6. The van der Waals surface area contributed by atoms with E-state index < -0.39 is 0 Å². The van der Waals surface area contributed by atoms with Crippen molar-refractivity contribution in [2.45, 2.75) is 58.9 Å². The molecule has 41 heavy (non-hydrogen) atoms. The van der Waals surface area contributed by atoms with E-state index in [4.69, 9.17) is 4.52 Å². The predicted molar refractivity (Wildman–Crippen MR) is 162 cm³/mol. The number of nitrogens with zero attached hydrogens (tertiary/aromatic N) is 4. The van der Waals surface area contributed by atoms with Crippen molar-refractivity contribution in [2.75, 3.05) is 51.6 Å². The summed E-state index contributed by atoms with van der Waals surface area (Å²) in [6, 6.07) is 13.7. The molecule has 8 nitrogen and oxygen atoms in total. The van der Waals surface area contributed by atoms with Crippen molar-refractivity contribution in [1.82, 2.24) is 19.9 Å². The summed E-state index contributed by atoms with van der Waals surface area (Å²) in [6.07, 6.45) is 3.19. The number of rotatable bonds is 6. The SMILES string of the molecule is Cc1ccc(NC(=O)c2cc(CN3CCN(C)CC3)cc(C(C)(C)C)c2)cc1-c1cc(C(=O)N2CCCCC2)on1. The molecule has 2 saturated heterocycles. The van der Waals surface area contributed by atoms with Crippen molar-refractivity contribution < 1.29 is 14.1 Å². The van der Waals surface area contributed by atoms with Gasteiger partial charge in [-0.1, -0.05) is 38.1 Å². The molecule has 0 saturated carbocycles. The van der Waals surface area contributed by atoms with Gasteiger partial charge in [0.25, 0.3) is 11.8 Å². The van der Waals surface area contributed by atoms with Crippen LogP contribution < -0.4 is 5.32 Å². The van der Waals surface area contributed by atoms with Crippen molar-refractivity contribution in [3.05, 3.63) is 70.5 Å². The van der Waals surface area contributed by atoms with Crippen LogP contribution in [0.25, 0.3) is 11.3 Å². The van der Waals surface area contributed by atoms with Crippen molar-refractivity contribution >= 4 is 17.5 Å². The molecule has 0 bridgehead atoms.